The van der Waals surface area contributed by atoms with E-state index in [4.69, 9.17) is 10.00 Å². The minimum absolute atomic E-state index is 0.0303. The van der Waals surface area contributed by atoms with Crippen LogP contribution >= 0.6 is 11.8 Å². The molecule has 6 nitrogen and oxygen atoms in total. The van der Waals surface area contributed by atoms with Crippen molar-refractivity contribution in [2.24, 2.45) is 4.99 Å². The van der Waals surface area contributed by atoms with Crippen molar-refractivity contribution in [1.29, 1.82) is 5.26 Å². The van der Waals surface area contributed by atoms with E-state index in [-0.39, 0.29) is 12.5 Å². The number of thioether (sulfide) groups is 1. The van der Waals surface area contributed by atoms with Crippen molar-refractivity contribution in [2.45, 2.75) is 0 Å². The Morgan fingerprint density at radius 3 is 3.11 bits per heavy atom. The average molecular weight is 276 g/mol. The first-order valence-corrected chi connectivity index (χ1v) is 6.70. The van der Waals surface area contributed by atoms with Gasteiger partial charge in [-0.3, -0.25) is 10.1 Å². The number of fused-ring (bicyclic) bond motifs is 1. The largest absolute Gasteiger partial charge is 0.481 e. The molecule has 0 aromatic heterocycles. The van der Waals surface area contributed by atoms with Gasteiger partial charge in [-0.15, -0.1) is 0 Å². The summed E-state index contributed by atoms with van der Waals surface area (Å²) in [5.41, 5.74) is 1.20. The maximum Gasteiger partial charge on any atom is 0.264 e. The van der Waals surface area contributed by atoms with Crippen LogP contribution < -0.4 is 15.0 Å². The predicted molar refractivity (Wildman–Crippen MR) is 74.7 cm³/mol. The number of rotatable bonds is 1. The van der Waals surface area contributed by atoms with Crippen molar-refractivity contribution >= 4 is 34.2 Å². The number of ether oxygens (including phenoxy) is 1. The van der Waals surface area contributed by atoms with Gasteiger partial charge in [-0.25, -0.2) is 4.99 Å². The highest BCUT2D eigenvalue weighted by atomic mass is 32.2. The topological polar surface area (TPSA) is 77.7 Å². The number of nitrogens with one attached hydrogen (secondary N) is 1. The first kappa shape index (κ1) is 13.2. The van der Waals surface area contributed by atoms with E-state index in [1.54, 1.807) is 25.2 Å². The van der Waals surface area contributed by atoms with E-state index in [1.807, 2.05) is 12.4 Å². The Bertz CT molecular complexity index is 580. The Labute approximate surface area is 115 Å². The summed E-state index contributed by atoms with van der Waals surface area (Å²) in [6.07, 6.45) is 3.64. The molecule has 19 heavy (non-hydrogen) atoms. The maximum atomic E-state index is 11.7. The van der Waals surface area contributed by atoms with Crippen LogP contribution in [0.15, 0.2) is 23.2 Å². The number of hydrogen-bond donors (Lipinski definition) is 1. The molecular formula is C12H12N4O2S. The predicted octanol–water partition coefficient (Wildman–Crippen LogP) is 1.46. The first-order valence-electron chi connectivity index (χ1n) is 5.47. The van der Waals surface area contributed by atoms with Crippen LogP contribution in [0.3, 0.4) is 0 Å². The number of carbonyl (C=O) groups excluding carboxylic acids is 1. The fraction of sp³-hybridized carbons (Fsp3) is 0.250. The van der Waals surface area contributed by atoms with E-state index in [2.05, 4.69) is 10.3 Å². The van der Waals surface area contributed by atoms with Crippen LogP contribution in [0.25, 0.3) is 0 Å². The summed E-state index contributed by atoms with van der Waals surface area (Å²) < 4.78 is 5.37. The van der Waals surface area contributed by atoms with Gasteiger partial charge in [0.2, 0.25) is 0 Å². The molecule has 98 valence electrons. The van der Waals surface area contributed by atoms with Crippen molar-refractivity contribution in [2.75, 3.05) is 24.8 Å². The van der Waals surface area contributed by atoms with E-state index in [0.717, 1.165) is 0 Å². The number of amides is 1. The third-order valence-electron chi connectivity index (χ3n) is 2.62. The number of amidine groups is 1. The molecule has 1 aliphatic heterocycles. The number of nitriles is 1. The quantitative estimate of drug-likeness (QED) is 0.364. The first-order chi connectivity index (χ1) is 9.17. The number of nitrogens with zero attached hydrogens (tertiary/aromatic N) is 3. The second-order valence-electron chi connectivity index (χ2n) is 3.72. The van der Waals surface area contributed by atoms with Gasteiger partial charge < -0.3 is 9.64 Å². The number of anilines is 1. The van der Waals surface area contributed by atoms with Crippen LogP contribution in [0, 0.1) is 11.5 Å². The summed E-state index contributed by atoms with van der Waals surface area (Å²) in [7, 11) is 1.68. The number of benzene rings is 1. The van der Waals surface area contributed by atoms with Crippen LogP contribution in [0.4, 0.5) is 11.4 Å². The molecule has 1 aromatic carbocycles. The summed E-state index contributed by atoms with van der Waals surface area (Å²) in [5, 5.41) is 11.6. The van der Waals surface area contributed by atoms with Gasteiger partial charge in [0.1, 0.15) is 11.4 Å². The van der Waals surface area contributed by atoms with Crippen molar-refractivity contribution in [1.82, 2.24) is 5.32 Å². The summed E-state index contributed by atoms with van der Waals surface area (Å²) in [4.78, 5) is 17.5. The van der Waals surface area contributed by atoms with Gasteiger partial charge in [0, 0.05) is 7.05 Å². The van der Waals surface area contributed by atoms with E-state index in [9.17, 15) is 4.79 Å². The van der Waals surface area contributed by atoms with Gasteiger partial charge in [0.05, 0.1) is 5.69 Å². The van der Waals surface area contributed by atoms with Crippen molar-refractivity contribution in [3.05, 3.63) is 18.2 Å². The highest BCUT2D eigenvalue weighted by Gasteiger charge is 2.25. The van der Waals surface area contributed by atoms with Crippen LogP contribution in [0.2, 0.25) is 0 Å². The van der Waals surface area contributed by atoms with Gasteiger partial charge in [0.25, 0.3) is 5.91 Å². The third-order valence-corrected chi connectivity index (χ3v) is 3.20. The van der Waals surface area contributed by atoms with Crippen LogP contribution in [-0.4, -0.2) is 31.0 Å². The van der Waals surface area contributed by atoms with Gasteiger partial charge in [0.15, 0.2) is 18.0 Å². The fourth-order valence-corrected chi connectivity index (χ4v) is 2.03. The molecule has 0 fully saturated rings. The molecule has 0 spiro atoms. The lowest BCUT2D eigenvalue weighted by molar-refractivity contribution is -0.120. The van der Waals surface area contributed by atoms with Gasteiger partial charge in [-0.1, -0.05) is 17.8 Å². The van der Waals surface area contributed by atoms with Gasteiger partial charge in [-0.2, -0.15) is 5.26 Å². The van der Waals surface area contributed by atoms with Crippen molar-refractivity contribution in [3.63, 3.8) is 0 Å². The summed E-state index contributed by atoms with van der Waals surface area (Å²) >= 11 is 1.31. The molecule has 1 aliphatic rings. The standard InChI is InChI=1S/C12H12N4O2S/c1-16-10(17)6-18-9-5-3-4-8(11(9)16)15-12(19-2)14-7-13/h3-5H,6H2,1-2H3,(H,14,15). The molecule has 0 aliphatic carbocycles. The lowest BCUT2D eigenvalue weighted by Crippen LogP contribution is -2.35. The van der Waals surface area contributed by atoms with Crippen molar-refractivity contribution < 1.29 is 9.53 Å². The molecule has 0 unspecified atom stereocenters. The second-order valence-corrected chi connectivity index (χ2v) is 4.52. The zero-order chi connectivity index (χ0) is 13.8. The number of carbonyl (C=O) groups is 1. The Balaban J connectivity index is 2.48. The van der Waals surface area contributed by atoms with E-state index in [1.165, 1.54) is 16.7 Å². The second kappa shape index (κ2) is 5.63. The molecule has 2 rings (SSSR count). The molecule has 0 saturated carbocycles. The Kier molecular flexibility index (Phi) is 3.92. The van der Waals surface area contributed by atoms with Crippen LogP contribution in [-0.2, 0) is 4.79 Å². The number of likely N-dealkylation sites (N-methyl/N-ethyl adjacent to an activating group) is 1. The number of para-hydroxylation sites is 1. The lowest BCUT2D eigenvalue weighted by atomic mass is 10.2. The number of aliphatic imine (C=N–C) groups is 1. The van der Waals surface area contributed by atoms with Crippen molar-refractivity contribution in [3.8, 4) is 11.9 Å². The molecule has 0 bridgehead atoms. The molecule has 0 saturated heterocycles. The molecule has 1 N–H and O–H groups in total. The highest BCUT2D eigenvalue weighted by Crippen LogP contribution is 2.39. The summed E-state index contributed by atoms with van der Waals surface area (Å²) in [6.45, 7) is 0.0303. The molecular weight excluding hydrogens is 264 g/mol. The van der Waals surface area contributed by atoms with E-state index in [0.29, 0.717) is 22.3 Å². The monoisotopic (exact) mass is 276 g/mol. The zero-order valence-electron chi connectivity index (χ0n) is 10.5. The maximum absolute atomic E-state index is 11.7. The Morgan fingerprint density at radius 2 is 2.42 bits per heavy atom. The molecule has 0 radical (unpaired) electrons. The highest BCUT2D eigenvalue weighted by molar-refractivity contribution is 8.13. The van der Waals surface area contributed by atoms with Crippen LogP contribution in [0.1, 0.15) is 0 Å². The van der Waals surface area contributed by atoms with Crippen LogP contribution in [0.5, 0.6) is 5.75 Å². The molecule has 0 atom stereocenters. The lowest BCUT2D eigenvalue weighted by Gasteiger charge is -2.27. The minimum Gasteiger partial charge on any atom is -0.481 e. The third kappa shape index (κ3) is 2.63. The summed E-state index contributed by atoms with van der Waals surface area (Å²) in [5.74, 6) is 0.481. The van der Waals surface area contributed by atoms with E-state index < -0.39 is 0 Å². The van der Waals surface area contributed by atoms with Gasteiger partial charge >= 0.3 is 0 Å². The Hall–Kier alpha value is -2.20. The molecule has 1 heterocycles. The SMILES string of the molecule is CSC(=Nc1cccc2c1N(C)C(=O)CO2)NC#N. The zero-order valence-corrected chi connectivity index (χ0v) is 11.3. The molecule has 7 heteroatoms. The molecule has 1 aromatic rings. The van der Waals surface area contributed by atoms with Gasteiger partial charge in [-0.05, 0) is 18.4 Å². The summed E-state index contributed by atoms with van der Waals surface area (Å²) in [6, 6.07) is 5.35. The van der Waals surface area contributed by atoms with E-state index >= 15 is 0 Å². The fourth-order valence-electron chi connectivity index (χ4n) is 1.70. The minimum atomic E-state index is -0.130. The smallest absolute Gasteiger partial charge is 0.264 e. The normalized spacial score (nSPS) is 14.5. The molecule has 1 amide bonds. The average Bonchev–Trinajstić information content (AvgIpc) is 2.42. The number of hydrogen-bond acceptors (Lipinski definition) is 5. The Morgan fingerprint density at radius 1 is 1.63 bits per heavy atom.